The van der Waals surface area contributed by atoms with E-state index in [-0.39, 0.29) is 41.3 Å². The van der Waals surface area contributed by atoms with Crippen LogP contribution in [-0.4, -0.2) is 76.8 Å². The highest BCUT2D eigenvalue weighted by atomic mass is 16.3. The van der Waals surface area contributed by atoms with Crippen molar-refractivity contribution in [2.45, 2.75) is 70.4 Å². The molecule has 1 atom stereocenters. The van der Waals surface area contributed by atoms with Crippen molar-refractivity contribution in [3.63, 3.8) is 0 Å². The SMILES string of the molecule is CC.N=C1C=CN(c2ccc(N3CCN(C4CCC(c5ccc6c7c(cccc57)C(=O)N6C5CCC(=O)NC5=O)CC4)CC3=O)cc2)/C1=C/C(=N)c1ccccc1O. The summed E-state index contributed by atoms with van der Waals surface area (Å²) in [6, 6.07) is 23.8. The maximum absolute atomic E-state index is 13.6. The van der Waals surface area contributed by atoms with Gasteiger partial charge >= 0.3 is 0 Å². The number of amides is 4. The predicted molar refractivity (Wildman–Crippen MR) is 226 cm³/mol. The first-order valence-electron chi connectivity index (χ1n) is 20.2. The Balaban J connectivity index is 0.00000231. The maximum atomic E-state index is 13.6. The third kappa shape index (κ3) is 6.87. The van der Waals surface area contributed by atoms with Crippen molar-refractivity contribution < 1.29 is 24.3 Å². The number of carbonyl (C=O) groups excluding carboxylic acids is 4. The summed E-state index contributed by atoms with van der Waals surface area (Å²) >= 11 is 0. The summed E-state index contributed by atoms with van der Waals surface area (Å²) in [6.45, 7) is 5.71. The number of hydrogen-bond donors (Lipinski definition) is 4. The van der Waals surface area contributed by atoms with E-state index in [0.717, 1.165) is 60.1 Å². The Morgan fingerprint density at radius 1 is 0.845 bits per heavy atom. The van der Waals surface area contributed by atoms with Crippen molar-refractivity contribution in [1.29, 1.82) is 10.8 Å². The van der Waals surface area contributed by atoms with Gasteiger partial charge in [-0.25, -0.2) is 0 Å². The van der Waals surface area contributed by atoms with Gasteiger partial charge in [0.05, 0.1) is 29.4 Å². The summed E-state index contributed by atoms with van der Waals surface area (Å²) in [6.07, 6.45) is 9.40. The van der Waals surface area contributed by atoms with Gasteiger partial charge in [-0.05, 0) is 110 Å². The number of allylic oxidation sites excluding steroid dienone is 2. The minimum absolute atomic E-state index is 0.0101. The van der Waals surface area contributed by atoms with Gasteiger partial charge in [0.15, 0.2) is 0 Å². The van der Waals surface area contributed by atoms with Crippen LogP contribution in [0.15, 0.2) is 103 Å². The third-order valence-electron chi connectivity index (χ3n) is 12.0. The van der Waals surface area contributed by atoms with Crippen molar-refractivity contribution in [1.82, 2.24) is 10.2 Å². The van der Waals surface area contributed by atoms with E-state index in [9.17, 15) is 24.3 Å². The van der Waals surface area contributed by atoms with E-state index in [1.54, 1.807) is 41.5 Å². The first-order valence-corrected chi connectivity index (χ1v) is 20.2. The molecule has 0 aromatic heterocycles. The zero-order valence-corrected chi connectivity index (χ0v) is 32.7. The van der Waals surface area contributed by atoms with Crippen LogP contribution in [0.3, 0.4) is 0 Å². The zero-order chi connectivity index (χ0) is 40.7. The molecular weight excluding hydrogens is 731 g/mol. The fourth-order valence-electron chi connectivity index (χ4n) is 9.18. The molecule has 12 heteroatoms. The first-order chi connectivity index (χ1) is 28.2. The van der Waals surface area contributed by atoms with Crippen molar-refractivity contribution in [2.24, 2.45) is 0 Å². The van der Waals surface area contributed by atoms with Crippen LogP contribution in [0.1, 0.15) is 79.8 Å². The summed E-state index contributed by atoms with van der Waals surface area (Å²) in [4.78, 5) is 59.3. The Morgan fingerprint density at radius 2 is 1.59 bits per heavy atom. The molecule has 4 aliphatic heterocycles. The fraction of sp³-hybridized carbons (Fsp3) is 0.304. The minimum Gasteiger partial charge on any atom is -0.507 e. The molecular formula is C46H47N7O5. The average Bonchev–Trinajstić information content (AvgIpc) is 3.75. The second-order valence-electron chi connectivity index (χ2n) is 15.1. The molecule has 0 radical (unpaired) electrons. The molecule has 4 amide bonds. The molecule has 2 saturated heterocycles. The molecule has 0 spiro atoms. The van der Waals surface area contributed by atoms with Crippen molar-refractivity contribution in [2.75, 3.05) is 34.3 Å². The summed E-state index contributed by atoms with van der Waals surface area (Å²) in [5.41, 5.74) is 5.42. The standard InChI is InChI=1S/C44H41N7O5.C2H6/c45-34-20-21-49(38(34)24-35(46)32-4-1-2-7-39(32)52)28-12-14-29(15-13-28)50-23-22-48(25-41(50)54)27-10-8-26(9-11-27)30-16-17-36-42-31(30)5-3-6-33(42)44(56)51(36)37-18-19-40(53)47-43(37)55;1-2/h1-7,12-17,20-21,24,26-27,37,45-46,52H,8-11,18-19,22-23,25H2,(H,47,53,55);1-2H3/b38-24+,45-34?,46-35?;. The molecule has 1 unspecified atom stereocenters. The fourth-order valence-corrected chi connectivity index (χ4v) is 9.18. The number of carbonyl (C=O) groups is 4. The Labute approximate surface area is 337 Å². The number of hydrogen-bond acceptors (Lipinski definition) is 9. The number of piperidine rings is 1. The lowest BCUT2D eigenvalue weighted by atomic mass is 9.79. The number of nitrogens with one attached hydrogen (secondary N) is 3. The highest BCUT2D eigenvalue weighted by Gasteiger charge is 2.41. The molecule has 4 N–H and O–H groups in total. The summed E-state index contributed by atoms with van der Waals surface area (Å²) in [7, 11) is 0. The van der Waals surface area contributed by atoms with Gasteiger partial charge in [-0.2, -0.15) is 0 Å². The number of aromatic hydroxyl groups is 1. The van der Waals surface area contributed by atoms with E-state index >= 15 is 0 Å². The number of anilines is 3. The van der Waals surface area contributed by atoms with Crippen LogP contribution < -0.4 is 20.0 Å². The normalized spacial score (nSPS) is 22.8. The maximum Gasteiger partial charge on any atom is 0.259 e. The van der Waals surface area contributed by atoms with Crippen molar-refractivity contribution >= 4 is 62.9 Å². The van der Waals surface area contributed by atoms with Gasteiger partial charge in [0.2, 0.25) is 17.7 Å². The molecule has 296 valence electrons. The summed E-state index contributed by atoms with van der Waals surface area (Å²) < 4.78 is 0. The van der Waals surface area contributed by atoms with Crippen LogP contribution in [0.2, 0.25) is 0 Å². The Kier molecular flexibility index (Phi) is 10.5. The molecule has 12 nitrogen and oxygen atoms in total. The van der Waals surface area contributed by atoms with E-state index in [2.05, 4.69) is 22.3 Å². The molecule has 9 rings (SSSR count). The second-order valence-corrected chi connectivity index (χ2v) is 15.1. The lowest BCUT2D eigenvalue weighted by Crippen LogP contribution is -2.54. The number of piperazine rings is 1. The Bertz CT molecular complexity index is 2410. The van der Waals surface area contributed by atoms with E-state index in [4.69, 9.17) is 10.8 Å². The van der Waals surface area contributed by atoms with Gasteiger partial charge in [-0.1, -0.05) is 44.2 Å². The van der Waals surface area contributed by atoms with Gasteiger partial charge < -0.3 is 20.3 Å². The minimum atomic E-state index is -0.709. The molecule has 0 bridgehead atoms. The molecule has 58 heavy (non-hydrogen) atoms. The lowest BCUT2D eigenvalue weighted by molar-refractivity contribution is -0.134. The lowest BCUT2D eigenvalue weighted by Gasteiger charge is -2.41. The molecule has 5 aliphatic rings. The number of imide groups is 1. The first kappa shape index (κ1) is 38.5. The zero-order valence-electron chi connectivity index (χ0n) is 32.7. The van der Waals surface area contributed by atoms with Crippen LogP contribution >= 0.6 is 0 Å². The molecule has 1 saturated carbocycles. The Hall–Kier alpha value is -6.40. The second kappa shape index (κ2) is 15.9. The average molecular weight is 778 g/mol. The largest absolute Gasteiger partial charge is 0.507 e. The highest BCUT2D eigenvalue weighted by Crippen LogP contribution is 2.45. The monoisotopic (exact) mass is 777 g/mol. The van der Waals surface area contributed by atoms with E-state index in [1.807, 2.05) is 66.1 Å². The number of phenols is 1. The van der Waals surface area contributed by atoms with Gasteiger partial charge in [-0.15, -0.1) is 0 Å². The van der Waals surface area contributed by atoms with Gasteiger partial charge in [0.1, 0.15) is 11.8 Å². The Morgan fingerprint density at radius 3 is 2.31 bits per heavy atom. The van der Waals surface area contributed by atoms with Crippen LogP contribution in [0.25, 0.3) is 10.8 Å². The molecule has 3 fully saturated rings. The van der Waals surface area contributed by atoms with Crippen LogP contribution in [-0.2, 0) is 14.4 Å². The van der Waals surface area contributed by atoms with Crippen molar-refractivity contribution in [3.05, 3.63) is 120 Å². The molecule has 4 heterocycles. The molecule has 1 aliphatic carbocycles. The quantitative estimate of drug-likeness (QED) is 0.116. The predicted octanol–water partition coefficient (Wildman–Crippen LogP) is 7.02. The van der Waals surface area contributed by atoms with E-state index in [0.29, 0.717) is 48.3 Å². The van der Waals surface area contributed by atoms with Crippen LogP contribution in [0.5, 0.6) is 5.75 Å². The number of rotatable bonds is 7. The number of nitrogens with zero attached hydrogens (tertiary/aromatic N) is 4. The van der Waals surface area contributed by atoms with Crippen LogP contribution in [0.4, 0.5) is 17.1 Å². The number of benzene rings is 4. The number of phenolic OH excluding ortho intramolecular Hbond substituents is 1. The van der Waals surface area contributed by atoms with Gasteiger partial charge in [0, 0.05) is 59.6 Å². The summed E-state index contributed by atoms with van der Waals surface area (Å²) in [5, 5.41) is 31.5. The number of para-hydroxylation sites is 1. The van der Waals surface area contributed by atoms with Crippen LogP contribution in [0, 0.1) is 10.8 Å². The smallest absolute Gasteiger partial charge is 0.259 e. The highest BCUT2D eigenvalue weighted by molar-refractivity contribution is 6.27. The molecule has 4 aromatic rings. The van der Waals surface area contributed by atoms with Crippen molar-refractivity contribution in [3.8, 4) is 5.75 Å². The third-order valence-corrected chi connectivity index (χ3v) is 12.0. The van der Waals surface area contributed by atoms with Gasteiger partial charge in [-0.3, -0.25) is 39.7 Å². The van der Waals surface area contributed by atoms with Gasteiger partial charge in [0.25, 0.3) is 5.91 Å². The van der Waals surface area contributed by atoms with E-state index in [1.165, 1.54) is 11.6 Å². The topological polar surface area (TPSA) is 161 Å². The molecule has 4 aromatic carbocycles. The van der Waals surface area contributed by atoms with E-state index < -0.39 is 11.9 Å². The summed E-state index contributed by atoms with van der Waals surface area (Å²) in [5.74, 6) is -0.554.